The van der Waals surface area contributed by atoms with Gasteiger partial charge in [-0.2, -0.15) is 0 Å². The molecule has 1 aromatic heterocycles. The molecule has 0 aromatic carbocycles. The number of aliphatic hydroxyl groups excluding tert-OH is 5. The van der Waals surface area contributed by atoms with E-state index < -0.39 is 37.3 Å². The van der Waals surface area contributed by atoms with Gasteiger partial charge in [0, 0.05) is 25.0 Å². The van der Waals surface area contributed by atoms with Crippen LogP contribution in [0.5, 0.6) is 0 Å². The molecule has 8 rings (SSSR count). The average Bonchev–Trinajstić information content (AvgIpc) is 3.74. The van der Waals surface area contributed by atoms with E-state index >= 15 is 0 Å². The highest BCUT2D eigenvalue weighted by molar-refractivity contribution is 5.38. The quantitative estimate of drug-likeness (QED) is 0.306. The molecule has 3 saturated heterocycles. The van der Waals surface area contributed by atoms with E-state index in [0.717, 1.165) is 50.8 Å². The van der Waals surface area contributed by atoms with Gasteiger partial charge >= 0.3 is 0 Å². The normalized spacial score (nSPS) is 49.8. The van der Waals surface area contributed by atoms with E-state index in [1.165, 1.54) is 28.7 Å². The van der Waals surface area contributed by atoms with Crippen molar-refractivity contribution >= 4 is 0 Å². The Morgan fingerprint density at radius 2 is 1.85 bits per heavy atom. The number of aromatic nitrogens is 3. The minimum atomic E-state index is -1.47. The fourth-order valence-electron chi connectivity index (χ4n) is 11.7. The standard InChI is InChI=1S/C36H54N4O7/c1-18-11-28-30(39(14-18)15-22-16-40(38-37-22)34-33(45)32(44)31(43)29(17-41)46-34)20(3)36(47-28)10-8-24-25-6-5-21-12-23(42)7-9-35(21,4)27(25)13-26(24)19(36)2/h5,16,18,20,23-25,27-34,41-45H,6-15,17H2,1-4H3/t18-,20+,23-,24-,25-,27-,28+,29+,30-,31+,32-,33-,34-,35-,36-/m0/s1. The third-order valence-electron chi connectivity index (χ3n) is 14.1. The second kappa shape index (κ2) is 11.7. The van der Waals surface area contributed by atoms with Gasteiger partial charge in [0.05, 0.1) is 36.3 Å². The maximum absolute atomic E-state index is 10.6. The average molecular weight is 655 g/mol. The lowest BCUT2D eigenvalue weighted by Crippen LogP contribution is -2.56. The Labute approximate surface area is 277 Å². The van der Waals surface area contributed by atoms with Crippen molar-refractivity contribution in [3.8, 4) is 0 Å². The highest BCUT2D eigenvalue weighted by atomic mass is 16.6. The van der Waals surface area contributed by atoms with Gasteiger partial charge in [-0.15, -0.1) is 5.10 Å². The number of likely N-dealkylation sites (tertiary alicyclic amines) is 1. The van der Waals surface area contributed by atoms with Crippen LogP contribution in [0.2, 0.25) is 0 Å². The van der Waals surface area contributed by atoms with Gasteiger partial charge in [-0.05, 0) is 93.0 Å². The first-order valence-corrected chi connectivity index (χ1v) is 18.2. The van der Waals surface area contributed by atoms with Crippen LogP contribution in [0.4, 0.5) is 0 Å². The third kappa shape index (κ3) is 4.89. The summed E-state index contributed by atoms with van der Waals surface area (Å²) in [6.07, 6.45) is 6.27. The fourth-order valence-corrected chi connectivity index (χ4v) is 11.7. The number of piperidine rings is 1. The lowest BCUT2D eigenvalue weighted by Gasteiger charge is -2.49. The van der Waals surface area contributed by atoms with E-state index in [4.69, 9.17) is 9.47 Å². The van der Waals surface area contributed by atoms with Gasteiger partial charge in [-0.1, -0.05) is 43.2 Å². The minimum absolute atomic E-state index is 0.135. The van der Waals surface area contributed by atoms with Crippen molar-refractivity contribution in [1.29, 1.82) is 0 Å². The van der Waals surface area contributed by atoms with Crippen LogP contribution < -0.4 is 0 Å². The predicted molar refractivity (Wildman–Crippen MR) is 171 cm³/mol. The highest BCUT2D eigenvalue weighted by Gasteiger charge is 2.61. The molecule has 4 heterocycles. The molecule has 5 fully saturated rings. The van der Waals surface area contributed by atoms with E-state index in [-0.39, 0.29) is 29.3 Å². The summed E-state index contributed by atoms with van der Waals surface area (Å²) >= 11 is 0. The van der Waals surface area contributed by atoms with Gasteiger partial charge in [-0.3, -0.25) is 4.90 Å². The van der Waals surface area contributed by atoms with Crippen LogP contribution in [0.1, 0.15) is 91.0 Å². The largest absolute Gasteiger partial charge is 0.394 e. The topological polar surface area (TPSA) is 154 Å². The van der Waals surface area contributed by atoms with Crippen LogP contribution in [-0.4, -0.2) is 107 Å². The number of nitrogens with zero attached hydrogens (tertiary/aromatic N) is 4. The van der Waals surface area contributed by atoms with Crippen molar-refractivity contribution < 1.29 is 35.0 Å². The SMILES string of the molecule is CC1=C2C[C@H]3[C@@H](CC=C4C[C@@H](O)CC[C@@]43C)[C@@H]2CC[C@]12O[C@@H]1C[C@H](C)CN(Cc3cn([C@H]4O[C@H](CO)[C@@H](O)[C@H](O)[C@@H]4O)nn3)[C@H]1[C@H]2C. The monoisotopic (exact) mass is 654 g/mol. The Morgan fingerprint density at radius 1 is 1.04 bits per heavy atom. The molecule has 2 saturated carbocycles. The first kappa shape index (κ1) is 32.5. The van der Waals surface area contributed by atoms with Gasteiger partial charge in [0.25, 0.3) is 0 Å². The van der Waals surface area contributed by atoms with Crippen LogP contribution in [0.15, 0.2) is 29.0 Å². The van der Waals surface area contributed by atoms with Gasteiger partial charge in [-0.25, -0.2) is 4.68 Å². The Bertz CT molecular complexity index is 1430. The van der Waals surface area contributed by atoms with Crippen LogP contribution in [0, 0.1) is 35.0 Å². The maximum atomic E-state index is 10.6. The molecule has 47 heavy (non-hydrogen) atoms. The highest BCUT2D eigenvalue weighted by Crippen LogP contribution is 2.65. The van der Waals surface area contributed by atoms with Crippen molar-refractivity contribution in [1.82, 2.24) is 19.9 Å². The lowest BCUT2D eigenvalue weighted by molar-refractivity contribution is -0.254. The summed E-state index contributed by atoms with van der Waals surface area (Å²) in [5.74, 6) is 2.76. The van der Waals surface area contributed by atoms with Crippen LogP contribution in [-0.2, 0) is 16.0 Å². The van der Waals surface area contributed by atoms with Gasteiger partial charge in [0.1, 0.15) is 24.4 Å². The van der Waals surface area contributed by atoms with E-state index in [1.807, 2.05) is 0 Å². The maximum Gasteiger partial charge on any atom is 0.180 e. The summed E-state index contributed by atoms with van der Waals surface area (Å²) in [5.41, 5.74) is 5.35. The number of hydrogen-bond acceptors (Lipinski definition) is 10. The molecule has 260 valence electrons. The van der Waals surface area contributed by atoms with Crippen molar-refractivity contribution in [2.24, 2.45) is 35.0 Å². The molecule has 7 aliphatic rings. The minimum Gasteiger partial charge on any atom is -0.394 e. The Hall–Kier alpha value is -1.70. The van der Waals surface area contributed by atoms with Crippen LogP contribution in [0.3, 0.4) is 0 Å². The van der Waals surface area contributed by atoms with Crippen molar-refractivity contribution in [3.05, 3.63) is 34.7 Å². The molecule has 4 aliphatic carbocycles. The van der Waals surface area contributed by atoms with Crippen molar-refractivity contribution in [2.75, 3.05) is 13.2 Å². The lowest BCUT2D eigenvalue weighted by atomic mass is 9.56. The molecule has 0 bridgehead atoms. The number of aliphatic hydroxyl groups is 5. The zero-order valence-corrected chi connectivity index (χ0v) is 28.3. The molecule has 1 spiro atoms. The summed E-state index contributed by atoms with van der Waals surface area (Å²) in [4.78, 5) is 2.52. The van der Waals surface area contributed by atoms with E-state index in [0.29, 0.717) is 36.1 Å². The second-order valence-electron chi connectivity index (χ2n) is 16.6. The molecule has 1 aromatic rings. The van der Waals surface area contributed by atoms with Gasteiger partial charge in [0.15, 0.2) is 6.23 Å². The summed E-state index contributed by atoms with van der Waals surface area (Å²) < 4.78 is 14.4. The molecular formula is C36H54N4O7. The van der Waals surface area contributed by atoms with E-state index in [2.05, 4.69) is 49.0 Å². The zero-order chi connectivity index (χ0) is 33.0. The Morgan fingerprint density at radius 3 is 2.64 bits per heavy atom. The fraction of sp³-hybridized carbons (Fsp3) is 0.833. The van der Waals surface area contributed by atoms with E-state index in [9.17, 15) is 25.5 Å². The Balaban J connectivity index is 1.03. The second-order valence-corrected chi connectivity index (χ2v) is 16.6. The summed E-state index contributed by atoms with van der Waals surface area (Å²) in [6.45, 7) is 10.6. The molecular weight excluding hydrogens is 600 g/mol. The number of ether oxygens (including phenoxy) is 2. The number of hydrogen-bond donors (Lipinski definition) is 5. The zero-order valence-electron chi connectivity index (χ0n) is 28.3. The van der Waals surface area contributed by atoms with Crippen LogP contribution in [0.25, 0.3) is 0 Å². The molecule has 15 atom stereocenters. The number of allylic oxidation sites excluding steroid dienone is 2. The first-order valence-electron chi connectivity index (χ1n) is 18.2. The van der Waals surface area contributed by atoms with Gasteiger partial charge in [0.2, 0.25) is 0 Å². The number of fused-ring (bicyclic) bond motifs is 6. The molecule has 0 radical (unpaired) electrons. The first-order chi connectivity index (χ1) is 22.4. The van der Waals surface area contributed by atoms with Crippen molar-refractivity contribution in [2.45, 2.75) is 140 Å². The van der Waals surface area contributed by atoms with Crippen LogP contribution >= 0.6 is 0 Å². The number of rotatable bonds is 4. The molecule has 0 unspecified atom stereocenters. The molecule has 0 amide bonds. The van der Waals surface area contributed by atoms with Gasteiger partial charge < -0.3 is 35.0 Å². The molecule has 5 N–H and O–H groups in total. The predicted octanol–water partition coefficient (Wildman–Crippen LogP) is 2.48. The van der Waals surface area contributed by atoms with E-state index in [1.54, 1.807) is 11.8 Å². The summed E-state index contributed by atoms with van der Waals surface area (Å²) in [5, 5.41) is 59.9. The third-order valence-corrected chi connectivity index (χ3v) is 14.1. The molecule has 3 aliphatic heterocycles. The Kier molecular flexibility index (Phi) is 8.08. The van der Waals surface area contributed by atoms with Crippen molar-refractivity contribution in [3.63, 3.8) is 0 Å². The summed E-state index contributed by atoms with van der Waals surface area (Å²) in [7, 11) is 0. The molecule has 11 nitrogen and oxygen atoms in total. The molecule has 11 heteroatoms. The summed E-state index contributed by atoms with van der Waals surface area (Å²) in [6, 6.07) is 0.241. The smallest absolute Gasteiger partial charge is 0.180 e.